The summed E-state index contributed by atoms with van der Waals surface area (Å²) >= 11 is 1.58. The number of aryl methyl sites for hydroxylation is 1. The first-order valence-electron chi connectivity index (χ1n) is 8.86. The van der Waals surface area contributed by atoms with Gasteiger partial charge < -0.3 is 15.0 Å². The van der Waals surface area contributed by atoms with Gasteiger partial charge in [0.1, 0.15) is 6.61 Å². The number of likely N-dealkylation sites (tertiary alicyclic amines) is 1. The van der Waals surface area contributed by atoms with Crippen molar-refractivity contribution in [3.05, 3.63) is 46.4 Å². The van der Waals surface area contributed by atoms with E-state index in [1.807, 2.05) is 42.6 Å². The number of carbonyl (C=O) groups excluding carboxylic acids is 2. The highest BCUT2D eigenvalue weighted by atomic mass is 32.1. The van der Waals surface area contributed by atoms with Gasteiger partial charge in [-0.15, -0.1) is 11.3 Å². The van der Waals surface area contributed by atoms with Crippen LogP contribution in [0.15, 0.2) is 35.7 Å². The molecular formula is C19H23N3O3S. The number of urea groups is 1. The normalized spacial score (nSPS) is 17.0. The molecular weight excluding hydrogens is 350 g/mol. The number of nitrogens with zero attached hydrogens (tertiary/aromatic N) is 2. The SMILES string of the molecule is CCc1nc(COC(=O)C2CCCN(C(=O)Nc3ccccc3)C2)cs1. The highest BCUT2D eigenvalue weighted by molar-refractivity contribution is 7.09. The van der Waals surface area contributed by atoms with Gasteiger partial charge >= 0.3 is 12.0 Å². The molecule has 0 spiro atoms. The third-order valence-corrected chi connectivity index (χ3v) is 5.37. The van der Waals surface area contributed by atoms with Crippen molar-refractivity contribution in [2.75, 3.05) is 18.4 Å². The number of nitrogens with one attached hydrogen (secondary N) is 1. The number of benzene rings is 1. The summed E-state index contributed by atoms with van der Waals surface area (Å²) < 4.78 is 5.42. The highest BCUT2D eigenvalue weighted by Gasteiger charge is 2.29. The zero-order valence-corrected chi connectivity index (χ0v) is 15.6. The Morgan fingerprint density at radius 2 is 2.15 bits per heavy atom. The van der Waals surface area contributed by atoms with Gasteiger partial charge in [-0.1, -0.05) is 25.1 Å². The number of hydrogen-bond acceptors (Lipinski definition) is 5. The van der Waals surface area contributed by atoms with Gasteiger partial charge in [-0.3, -0.25) is 4.79 Å². The second-order valence-electron chi connectivity index (χ2n) is 6.28. The number of esters is 1. The molecule has 1 atom stereocenters. The maximum Gasteiger partial charge on any atom is 0.321 e. The number of para-hydroxylation sites is 1. The van der Waals surface area contributed by atoms with Crippen molar-refractivity contribution in [1.29, 1.82) is 0 Å². The second kappa shape index (κ2) is 8.80. The molecule has 0 saturated carbocycles. The van der Waals surface area contributed by atoms with E-state index < -0.39 is 0 Å². The molecule has 2 heterocycles. The molecule has 1 aliphatic heterocycles. The van der Waals surface area contributed by atoms with Crippen LogP contribution < -0.4 is 5.32 Å². The van der Waals surface area contributed by atoms with Crippen LogP contribution in [0.4, 0.5) is 10.5 Å². The van der Waals surface area contributed by atoms with Crippen molar-refractivity contribution >= 4 is 29.0 Å². The molecule has 138 valence electrons. The standard InChI is InChI=1S/C19H23N3O3S/c1-2-17-20-16(13-26-17)12-25-18(23)14-7-6-10-22(11-14)19(24)21-15-8-4-3-5-9-15/h3-5,8-9,13-14H,2,6-7,10-12H2,1H3,(H,21,24). The third kappa shape index (κ3) is 4.82. The zero-order chi connectivity index (χ0) is 18.4. The Kier molecular flexibility index (Phi) is 6.22. The minimum absolute atomic E-state index is 0.180. The number of anilines is 1. The maximum absolute atomic E-state index is 12.4. The number of thiazole rings is 1. The molecule has 26 heavy (non-hydrogen) atoms. The Labute approximate surface area is 157 Å². The summed E-state index contributed by atoms with van der Waals surface area (Å²) in [5.74, 6) is -0.539. The van der Waals surface area contributed by atoms with Crippen LogP contribution in [0.1, 0.15) is 30.5 Å². The molecule has 1 aliphatic rings. The molecule has 7 heteroatoms. The van der Waals surface area contributed by atoms with Crippen molar-refractivity contribution in [2.45, 2.75) is 32.8 Å². The fourth-order valence-electron chi connectivity index (χ4n) is 2.92. The van der Waals surface area contributed by atoms with Gasteiger partial charge in [-0.05, 0) is 31.4 Å². The van der Waals surface area contributed by atoms with E-state index in [9.17, 15) is 9.59 Å². The summed E-state index contributed by atoms with van der Waals surface area (Å²) in [6.07, 6.45) is 2.41. The molecule has 2 amide bonds. The fraction of sp³-hybridized carbons (Fsp3) is 0.421. The van der Waals surface area contributed by atoms with E-state index in [0.29, 0.717) is 13.1 Å². The summed E-state index contributed by atoms with van der Waals surface area (Å²) in [5, 5.41) is 5.83. The lowest BCUT2D eigenvalue weighted by molar-refractivity contribution is -0.151. The van der Waals surface area contributed by atoms with E-state index in [4.69, 9.17) is 4.74 Å². The average Bonchev–Trinajstić information content (AvgIpc) is 3.15. The van der Waals surface area contributed by atoms with Gasteiger partial charge in [0.15, 0.2) is 0 Å². The van der Waals surface area contributed by atoms with E-state index in [2.05, 4.69) is 10.3 Å². The van der Waals surface area contributed by atoms with Crippen molar-refractivity contribution in [3.8, 4) is 0 Å². The summed E-state index contributed by atoms with van der Waals surface area (Å²) in [4.78, 5) is 30.9. The summed E-state index contributed by atoms with van der Waals surface area (Å²) in [5.41, 5.74) is 1.53. The van der Waals surface area contributed by atoms with Crippen molar-refractivity contribution in [1.82, 2.24) is 9.88 Å². The fourth-order valence-corrected chi connectivity index (χ4v) is 3.65. The first-order chi connectivity index (χ1) is 12.7. The Bertz CT molecular complexity index is 747. The molecule has 3 rings (SSSR count). The summed E-state index contributed by atoms with van der Waals surface area (Å²) in [6, 6.07) is 9.13. The van der Waals surface area contributed by atoms with Crippen molar-refractivity contribution in [3.63, 3.8) is 0 Å². The van der Waals surface area contributed by atoms with Gasteiger partial charge in [-0.25, -0.2) is 9.78 Å². The molecule has 1 aromatic heterocycles. The topological polar surface area (TPSA) is 71.5 Å². The number of rotatable bonds is 5. The summed E-state index contributed by atoms with van der Waals surface area (Å²) in [6.45, 7) is 3.27. The first kappa shape index (κ1) is 18.4. The average molecular weight is 373 g/mol. The highest BCUT2D eigenvalue weighted by Crippen LogP contribution is 2.20. The maximum atomic E-state index is 12.4. The molecule has 6 nitrogen and oxygen atoms in total. The van der Waals surface area contributed by atoms with Gasteiger partial charge in [-0.2, -0.15) is 0 Å². The Balaban J connectivity index is 1.50. The Hall–Kier alpha value is -2.41. The second-order valence-corrected chi connectivity index (χ2v) is 7.22. The third-order valence-electron chi connectivity index (χ3n) is 4.33. The molecule has 0 aliphatic carbocycles. The number of aromatic nitrogens is 1. The molecule has 1 fully saturated rings. The number of hydrogen-bond donors (Lipinski definition) is 1. The molecule has 1 aromatic carbocycles. The van der Waals surface area contributed by atoms with Crippen molar-refractivity contribution < 1.29 is 14.3 Å². The smallest absolute Gasteiger partial charge is 0.321 e. The van der Waals surface area contributed by atoms with Gasteiger partial charge in [0.25, 0.3) is 0 Å². The van der Waals surface area contributed by atoms with Gasteiger partial charge in [0.05, 0.1) is 16.6 Å². The lowest BCUT2D eigenvalue weighted by Crippen LogP contribution is -2.44. The largest absolute Gasteiger partial charge is 0.459 e. The number of amides is 2. The molecule has 1 unspecified atom stereocenters. The molecule has 0 bridgehead atoms. The van der Waals surface area contributed by atoms with Crippen LogP contribution in [0.2, 0.25) is 0 Å². The van der Waals surface area contributed by atoms with Crippen molar-refractivity contribution in [2.24, 2.45) is 5.92 Å². The quantitative estimate of drug-likeness (QED) is 0.812. The minimum atomic E-state index is -0.283. The predicted molar refractivity (Wildman–Crippen MR) is 101 cm³/mol. The van der Waals surface area contributed by atoms with Crippen LogP contribution >= 0.6 is 11.3 Å². The van der Waals surface area contributed by atoms with Crippen LogP contribution in [-0.4, -0.2) is 35.0 Å². The summed E-state index contributed by atoms with van der Waals surface area (Å²) in [7, 11) is 0. The lowest BCUT2D eigenvalue weighted by atomic mass is 9.98. The van der Waals surface area contributed by atoms with Crippen LogP contribution in [0.5, 0.6) is 0 Å². The monoisotopic (exact) mass is 373 g/mol. The predicted octanol–water partition coefficient (Wildman–Crippen LogP) is 3.69. The Morgan fingerprint density at radius 3 is 2.88 bits per heavy atom. The zero-order valence-electron chi connectivity index (χ0n) is 14.8. The van der Waals surface area contributed by atoms with Crippen LogP contribution in [0, 0.1) is 5.92 Å². The van der Waals surface area contributed by atoms with Crippen LogP contribution in [-0.2, 0) is 22.6 Å². The number of carbonyl (C=O) groups is 2. The van der Waals surface area contributed by atoms with E-state index in [-0.39, 0.29) is 24.5 Å². The minimum Gasteiger partial charge on any atom is -0.459 e. The van der Waals surface area contributed by atoms with Gasteiger partial charge in [0.2, 0.25) is 0 Å². The Morgan fingerprint density at radius 1 is 1.35 bits per heavy atom. The lowest BCUT2D eigenvalue weighted by Gasteiger charge is -2.31. The number of piperidine rings is 1. The van der Waals surface area contributed by atoms with E-state index in [1.165, 1.54) is 0 Å². The molecule has 2 aromatic rings. The van der Waals surface area contributed by atoms with Crippen LogP contribution in [0.25, 0.3) is 0 Å². The molecule has 0 radical (unpaired) electrons. The van der Waals surface area contributed by atoms with Crippen LogP contribution in [0.3, 0.4) is 0 Å². The molecule has 1 saturated heterocycles. The van der Waals surface area contributed by atoms with Gasteiger partial charge in [0, 0.05) is 24.2 Å². The molecule has 1 N–H and O–H groups in total. The van der Waals surface area contributed by atoms with E-state index >= 15 is 0 Å². The first-order valence-corrected chi connectivity index (χ1v) is 9.74. The van der Waals surface area contributed by atoms with E-state index in [1.54, 1.807) is 16.2 Å². The van der Waals surface area contributed by atoms with E-state index in [0.717, 1.165) is 35.7 Å². The number of ether oxygens (including phenoxy) is 1.